The smallest absolute Gasteiger partial charge is 0.394 e. The Morgan fingerprint density at radius 3 is 2.57 bits per heavy atom. The van der Waals surface area contributed by atoms with Gasteiger partial charge in [0.1, 0.15) is 0 Å². The Balaban J connectivity index is 1.98. The van der Waals surface area contributed by atoms with Crippen LogP contribution in [0.5, 0.6) is 0 Å². The van der Waals surface area contributed by atoms with E-state index in [4.69, 9.17) is 9.84 Å². The average Bonchev–Trinajstić information content (AvgIpc) is 2.64. The van der Waals surface area contributed by atoms with Gasteiger partial charge in [-0.15, -0.1) is 0 Å². The van der Waals surface area contributed by atoms with E-state index in [1.165, 1.54) is 12.8 Å². The van der Waals surface area contributed by atoms with Crippen LogP contribution in [0.1, 0.15) is 25.7 Å². The Hall–Kier alpha value is -1.10. The maximum atomic E-state index is 10.6. The van der Waals surface area contributed by atoms with Crippen LogP contribution in [-0.2, 0) is 14.3 Å². The van der Waals surface area contributed by atoms with Gasteiger partial charge in [-0.1, -0.05) is 12.8 Å². The summed E-state index contributed by atoms with van der Waals surface area (Å²) in [6, 6.07) is 0. The molecular formula is C9H15NO4. The number of nitrogens with one attached hydrogen (secondary N) is 1. The van der Waals surface area contributed by atoms with Crippen molar-refractivity contribution in [1.82, 2.24) is 5.32 Å². The monoisotopic (exact) mass is 201 g/mol. The highest BCUT2D eigenvalue weighted by Gasteiger charge is 2.15. The molecule has 0 bridgehead atoms. The molecule has 0 spiro atoms. The van der Waals surface area contributed by atoms with Crippen molar-refractivity contribution in [3.05, 3.63) is 0 Å². The summed E-state index contributed by atoms with van der Waals surface area (Å²) >= 11 is 0. The standard InChI is InChI=1S/C9H15NO4/c11-8(9(12)13)10-5-6-14-7-3-1-2-4-7/h7H,1-6H2,(H,10,11)(H,12,13). The molecule has 0 aromatic carbocycles. The third-order valence-corrected chi connectivity index (χ3v) is 2.24. The van der Waals surface area contributed by atoms with E-state index in [1.54, 1.807) is 0 Å². The Morgan fingerprint density at radius 2 is 2.00 bits per heavy atom. The van der Waals surface area contributed by atoms with Crippen LogP contribution in [0.4, 0.5) is 0 Å². The molecule has 1 fully saturated rings. The van der Waals surface area contributed by atoms with Crippen LogP contribution in [0.15, 0.2) is 0 Å². The van der Waals surface area contributed by atoms with Crippen molar-refractivity contribution in [2.75, 3.05) is 13.2 Å². The molecule has 0 aromatic heterocycles. The van der Waals surface area contributed by atoms with Crippen LogP contribution in [0.3, 0.4) is 0 Å². The quantitative estimate of drug-likeness (QED) is 0.501. The fraction of sp³-hybridized carbons (Fsp3) is 0.778. The van der Waals surface area contributed by atoms with Crippen LogP contribution in [-0.4, -0.2) is 36.2 Å². The second kappa shape index (κ2) is 5.59. The molecule has 0 heterocycles. The lowest BCUT2D eigenvalue weighted by Gasteiger charge is -2.10. The molecule has 1 rings (SSSR count). The molecule has 1 amide bonds. The van der Waals surface area contributed by atoms with Gasteiger partial charge in [0.2, 0.25) is 0 Å². The van der Waals surface area contributed by atoms with E-state index in [0.29, 0.717) is 12.7 Å². The Bertz CT molecular complexity index is 211. The molecule has 0 atom stereocenters. The Morgan fingerprint density at radius 1 is 1.36 bits per heavy atom. The van der Waals surface area contributed by atoms with Crippen LogP contribution in [0.25, 0.3) is 0 Å². The summed E-state index contributed by atoms with van der Waals surface area (Å²) in [7, 11) is 0. The molecule has 0 aromatic rings. The zero-order valence-electron chi connectivity index (χ0n) is 7.99. The largest absolute Gasteiger partial charge is 0.474 e. The number of rotatable bonds is 4. The lowest BCUT2D eigenvalue weighted by Crippen LogP contribution is -2.33. The van der Waals surface area contributed by atoms with Crippen LogP contribution in [0.2, 0.25) is 0 Å². The number of carboxylic acids is 1. The van der Waals surface area contributed by atoms with Crippen molar-refractivity contribution >= 4 is 11.9 Å². The molecule has 2 N–H and O–H groups in total. The third kappa shape index (κ3) is 3.74. The summed E-state index contributed by atoms with van der Waals surface area (Å²) in [4.78, 5) is 20.7. The number of aliphatic carboxylic acids is 1. The van der Waals surface area contributed by atoms with E-state index in [1.807, 2.05) is 0 Å². The zero-order chi connectivity index (χ0) is 10.4. The van der Waals surface area contributed by atoms with Crippen LogP contribution >= 0.6 is 0 Å². The van der Waals surface area contributed by atoms with Crippen molar-refractivity contribution in [2.45, 2.75) is 31.8 Å². The molecule has 0 unspecified atom stereocenters. The second-order valence-electron chi connectivity index (χ2n) is 3.34. The molecule has 0 radical (unpaired) electrons. The Labute approximate surface area is 82.4 Å². The molecule has 1 aliphatic rings. The number of carbonyl (C=O) groups is 2. The molecular weight excluding hydrogens is 186 g/mol. The molecule has 14 heavy (non-hydrogen) atoms. The number of carboxylic acid groups (broad SMARTS) is 1. The average molecular weight is 201 g/mol. The van der Waals surface area contributed by atoms with Gasteiger partial charge in [-0.05, 0) is 12.8 Å². The molecule has 5 heteroatoms. The number of ether oxygens (including phenoxy) is 1. The van der Waals surface area contributed by atoms with Crippen molar-refractivity contribution < 1.29 is 19.4 Å². The maximum Gasteiger partial charge on any atom is 0.394 e. The molecule has 1 saturated carbocycles. The van der Waals surface area contributed by atoms with Gasteiger partial charge in [-0.25, -0.2) is 4.79 Å². The summed E-state index contributed by atoms with van der Waals surface area (Å²) in [5.74, 6) is -2.43. The molecule has 5 nitrogen and oxygen atoms in total. The number of hydrogen-bond donors (Lipinski definition) is 2. The van der Waals surface area contributed by atoms with Gasteiger partial charge in [0.05, 0.1) is 12.7 Å². The number of amides is 1. The second-order valence-corrected chi connectivity index (χ2v) is 3.34. The third-order valence-electron chi connectivity index (χ3n) is 2.24. The highest BCUT2D eigenvalue weighted by atomic mass is 16.5. The summed E-state index contributed by atoms with van der Waals surface area (Å²) in [5.41, 5.74) is 0. The predicted octanol–water partition coefficient (Wildman–Crippen LogP) is 0.146. The highest BCUT2D eigenvalue weighted by molar-refractivity contribution is 6.31. The van der Waals surface area contributed by atoms with Gasteiger partial charge in [0, 0.05) is 6.54 Å². The van der Waals surface area contributed by atoms with Crippen molar-refractivity contribution in [3.63, 3.8) is 0 Å². The van der Waals surface area contributed by atoms with E-state index >= 15 is 0 Å². The molecule has 1 aliphatic carbocycles. The minimum Gasteiger partial charge on any atom is -0.474 e. The van der Waals surface area contributed by atoms with E-state index in [0.717, 1.165) is 12.8 Å². The summed E-state index contributed by atoms with van der Waals surface area (Å²) in [6.45, 7) is 0.658. The van der Waals surface area contributed by atoms with Gasteiger partial charge in [-0.2, -0.15) is 0 Å². The Kier molecular flexibility index (Phi) is 4.39. The lowest BCUT2D eigenvalue weighted by molar-refractivity contribution is -0.150. The first-order chi connectivity index (χ1) is 6.70. The molecule has 0 aliphatic heterocycles. The molecule has 0 saturated heterocycles. The van der Waals surface area contributed by atoms with Crippen LogP contribution in [0, 0.1) is 0 Å². The summed E-state index contributed by atoms with van der Waals surface area (Å²) in [6.07, 6.45) is 4.86. The zero-order valence-corrected chi connectivity index (χ0v) is 7.99. The van der Waals surface area contributed by atoms with Gasteiger partial charge >= 0.3 is 11.9 Å². The molecule has 80 valence electrons. The van der Waals surface area contributed by atoms with Crippen molar-refractivity contribution in [3.8, 4) is 0 Å². The van der Waals surface area contributed by atoms with Crippen LogP contribution < -0.4 is 5.32 Å². The highest BCUT2D eigenvalue weighted by Crippen LogP contribution is 2.20. The number of carbonyl (C=O) groups excluding carboxylic acids is 1. The summed E-state index contributed by atoms with van der Waals surface area (Å²) < 4.78 is 5.43. The lowest BCUT2D eigenvalue weighted by atomic mass is 10.3. The van der Waals surface area contributed by atoms with E-state index in [9.17, 15) is 9.59 Å². The first kappa shape index (κ1) is 11.0. The van der Waals surface area contributed by atoms with E-state index in [-0.39, 0.29) is 6.54 Å². The van der Waals surface area contributed by atoms with E-state index in [2.05, 4.69) is 5.32 Å². The van der Waals surface area contributed by atoms with Crippen molar-refractivity contribution in [1.29, 1.82) is 0 Å². The van der Waals surface area contributed by atoms with Gasteiger partial charge in [0.15, 0.2) is 0 Å². The predicted molar refractivity (Wildman–Crippen MR) is 48.9 cm³/mol. The van der Waals surface area contributed by atoms with Gasteiger partial charge < -0.3 is 15.2 Å². The fourth-order valence-corrected chi connectivity index (χ4v) is 1.52. The van der Waals surface area contributed by atoms with E-state index < -0.39 is 11.9 Å². The maximum absolute atomic E-state index is 10.6. The minimum absolute atomic E-state index is 0.266. The van der Waals surface area contributed by atoms with Gasteiger partial charge in [-0.3, -0.25) is 4.79 Å². The minimum atomic E-state index is -1.45. The fourth-order valence-electron chi connectivity index (χ4n) is 1.52. The SMILES string of the molecule is O=C(O)C(=O)NCCOC1CCCC1. The first-order valence-corrected chi connectivity index (χ1v) is 4.83. The number of hydrogen-bond acceptors (Lipinski definition) is 3. The normalized spacial score (nSPS) is 16.9. The first-order valence-electron chi connectivity index (χ1n) is 4.83. The summed E-state index contributed by atoms with van der Waals surface area (Å²) in [5, 5.41) is 10.5. The van der Waals surface area contributed by atoms with Gasteiger partial charge in [0.25, 0.3) is 0 Å². The van der Waals surface area contributed by atoms with Crippen molar-refractivity contribution in [2.24, 2.45) is 0 Å². The topological polar surface area (TPSA) is 75.6 Å².